The molecule has 0 aliphatic rings. The Morgan fingerprint density at radius 2 is 2.26 bits per heavy atom. The predicted molar refractivity (Wildman–Crippen MR) is 63.1 cm³/mol. The number of aromatic nitrogens is 7. The molecule has 0 bridgehead atoms. The van der Waals surface area contributed by atoms with E-state index in [1.54, 1.807) is 15.7 Å². The Hall–Kier alpha value is -2.32. The normalized spacial score (nSPS) is 12.8. The van der Waals surface area contributed by atoms with Crippen LogP contribution < -0.4 is 0 Å². The number of rotatable bonds is 6. The first-order valence-corrected chi connectivity index (χ1v) is 5.89. The Kier molecular flexibility index (Phi) is 3.83. The van der Waals surface area contributed by atoms with Crippen LogP contribution in [0.3, 0.4) is 0 Å². The fraction of sp³-hybridized carbons (Fsp3) is 0.600. The van der Waals surface area contributed by atoms with Gasteiger partial charge in [-0.15, -0.1) is 5.10 Å². The molecule has 0 amide bonds. The summed E-state index contributed by atoms with van der Waals surface area (Å²) in [7, 11) is 0. The molecule has 0 aliphatic heterocycles. The smallest absolute Gasteiger partial charge is 0.305 e. The van der Waals surface area contributed by atoms with Crippen LogP contribution >= 0.6 is 0 Å². The van der Waals surface area contributed by atoms with Crippen molar-refractivity contribution in [2.45, 2.75) is 32.9 Å². The van der Waals surface area contributed by atoms with Gasteiger partial charge in [-0.05, 0) is 16.3 Å². The monoisotopic (exact) mass is 265 g/mol. The van der Waals surface area contributed by atoms with Gasteiger partial charge in [-0.2, -0.15) is 5.10 Å². The Bertz CT molecular complexity index is 534. The van der Waals surface area contributed by atoms with Crippen LogP contribution in [0, 0.1) is 5.92 Å². The van der Waals surface area contributed by atoms with Crippen molar-refractivity contribution in [2.24, 2.45) is 5.92 Å². The molecule has 0 aromatic carbocycles. The summed E-state index contributed by atoms with van der Waals surface area (Å²) in [4.78, 5) is 14.8. The minimum Gasteiger partial charge on any atom is -0.481 e. The van der Waals surface area contributed by atoms with Gasteiger partial charge in [0.2, 0.25) is 0 Å². The van der Waals surface area contributed by atoms with E-state index in [0.717, 1.165) is 0 Å². The van der Waals surface area contributed by atoms with Gasteiger partial charge in [0.25, 0.3) is 0 Å². The fourth-order valence-corrected chi connectivity index (χ4v) is 1.82. The van der Waals surface area contributed by atoms with E-state index < -0.39 is 5.97 Å². The molecule has 0 aliphatic carbocycles. The molecule has 2 aromatic heterocycles. The molecular weight excluding hydrogens is 250 g/mol. The Balaban J connectivity index is 2.23. The van der Waals surface area contributed by atoms with Crippen molar-refractivity contribution in [3.63, 3.8) is 0 Å². The van der Waals surface area contributed by atoms with Crippen LogP contribution in [0.4, 0.5) is 0 Å². The second kappa shape index (κ2) is 5.55. The van der Waals surface area contributed by atoms with Crippen molar-refractivity contribution >= 4 is 5.97 Å². The molecule has 1 atom stereocenters. The van der Waals surface area contributed by atoms with Crippen LogP contribution in [-0.2, 0) is 11.3 Å². The van der Waals surface area contributed by atoms with Crippen LogP contribution in [0.25, 0.3) is 0 Å². The molecule has 0 radical (unpaired) electrons. The summed E-state index contributed by atoms with van der Waals surface area (Å²) in [6.45, 7) is 4.24. The lowest BCUT2D eigenvalue weighted by atomic mass is 10.0. The van der Waals surface area contributed by atoms with Gasteiger partial charge in [-0.25, -0.2) is 14.3 Å². The van der Waals surface area contributed by atoms with Gasteiger partial charge < -0.3 is 5.11 Å². The number of tetrazole rings is 1. The standard InChI is InChI=1S/C10H15N7O2/c1-7(2)8(3-10(18)19)17-9(13-14-15-17)4-16-6-11-5-12-16/h5-8H,3-4H2,1-2H3,(H,18,19). The Labute approximate surface area is 109 Å². The lowest BCUT2D eigenvalue weighted by Gasteiger charge is -2.19. The molecule has 2 rings (SSSR count). The van der Waals surface area contributed by atoms with Gasteiger partial charge in [-0.3, -0.25) is 4.79 Å². The fourth-order valence-electron chi connectivity index (χ4n) is 1.82. The van der Waals surface area contributed by atoms with Crippen molar-refractivity contribution in [3.8, 4) is 0 Å². The SMILES string of the molecule is CC(C)C(CC(=O)O)n1nnnc1Cn1cncn1. The van der Waals surface area contributed by atoms with Crippen molar-refractivity contribution in [1.82, 2.24) is 35.0 Å². The first-order chi connectivity index (χ1) is 9.08. The molecule has 9 heteroatoms. The Morgan fingerprint density at radius 1 is 1.47 bits per heavy atom. The summed E-state index contributed by atoms with van der Waals surface area (Å²) in [5.74, 6) is -0.208. The zero-order chi connectivity index (χ0) is 13.8. The van der Waals surface area contributed by atoms with Gasteiger partial charge >= 0.3 is 5.97 Å². The second-order valence-corrected chi connectivity index (χ2v) is 4.54. The molecule has 19 heavy (non-hydrogen) atoms. The number of nitrogens with zero attached hydrogens (tertiary/aromatic N) is 7. The molecule has 0 fully saturated rings. The zero-order valence-corrected chi connectivity index (χ0v) is 10.7. The van der Waals surface area contributed by atoms with E-state index in [-0.39, 0.29) is 18.4 Å². The quantitative estimate of drug-likeness (QED) is 0.781. The van der Waals surface area contributed by atoms with Crippen molar-refractivity contribution in [2.75, 3.05) is 0 Å². The lowest BCUT2D eigenvalue weighted by molar-refractivity contribution is -0.138. The second-order valence-electron chi connectivity index (χ2n) is 4.54. The number of carboxylic acid groups (broad SMARTS) is 1. The summed E-state index contributed by atoms with van der Waals surface area (Å²) in [6, 6.07) is -0.286. The topological polar surface area (TPSA) is 112 Å². The average molecular weight is 265 g/mol. The van der Waals surface area contributed by atoms with Crippen molar-refractivity contribution in [1.29, 1.82) is 0 Å². The van der Waals surface area contributed by atoms with E-state index in [2.05, 4.69) is 25.6 Å². The molecule has 1 unspecified atom stereocenters. The van der Waals surface area contributed by atoms with Crippen molar-refractivity contribution in [3.05, 3.63) is 18.5 Å². The van der Waals surface area contributed by atoms with Gasteiger partial charge in [-0.1, -0.05) is 13.8 Å². The minimum absolute atomic E-state index is 0.0208. The molecular formula is C10H15N7O2. The lowest BCUT2D eigenvalue weighted by Crippen LogP contribution is -2.23. The van der Waals surface area contributed by atoms with Crippen LogP contribution in [0.15, 0.2) is 12.7 Å². The molecule has 0 spiro atoms. The van der Waals surface area contributed by atoms with Gasteiger partial charge in [0.1, 0.15) is 19.2 Å². The maximum absolute atomic E-state index is 10.9. The van der Waals surface area contributed by atoms with Crippen molar-refractivity contribution < 1.29 is 9.90 Å². The Morgan fingerprint density at radius 3 is 2.84 bits per heavy atom. The summed E-state index contributed by atoms with van der Waals surface area (Å²) in [6.07, 6.45) is 2.96. The molecule has 0 saturated carbocycles. The number of carboxylic acids is 1. The summed E-state index contributed by atoms with van der Waals surface area (Å²) >= 11 is 0. The van der Waals surface area contributed by atoms with Crippen LogP contribution in [0.2, 0.25) is 0 Å². The summed E-state index contributed by atoms with van der Waals surface area (Å²) in [5, 5.41) is 24.4. The largest absolute Gasteiger partial charge is 0.481 e. The molecule has 9 nitrogen and oxygen atoms in total. The minimum atomic E-state index is -0.874. The third-order valence-corrected chi connectivity index (χ3v) is 2.80. The van der Waals surface area contributed by atoms with Gasteiger partial charge in [0, 0.05) is 0 Å². The summed E-state index contributed by atoms with van der Waals surface area (Å²) in [5.41, 5.74) is 0. The van der Waals surface area contributed by atoms with E-state index in [9.17, 15) is 4.79 Å². The maximum Gasteiger partial charge on any atom is 0.305 e. The number of hydrogen-bond acceptors (Lipinski definition) is 6. The van der Waals surface area contributed by atoms with E-state index in [4.69, 9.17) is 5.11 Å². The molecule has 1 N–H and O–H groups in total. The van der Waals surface area contributed by atoms with E-state index in [1.807, 2.05) is 13.8 Å². The highest BCUT2D eigenvalue weighted by molar-refractivity contribution is 5.67. The number of hydrogen-bond donors (Lipinski definition) is 1. The van der Waals surface area contributed by atoms with Crippen LogP contribution in [0.1, 0.15) is 32.1 Å². The van der Waals surface area contributed by atoms with Gasteiger partial charge in [0.05, 0.1) is 12.5 Å². The summed E-state index contributed by atoms with van der Waals surface area (Å²) < 4.78 is 3.14. The molecule has 102 valence electrons. The number of carbonyl (C=O) groups is 1. The molecule has 0 saturated heterocycles. The first kappa shape index (κ1) is 13.1. The van der Waals surface area contributed by atoms with E-state index in [1.165, 1.54) is 6.33 Å². The maximum atomic E-state index is 10.9. The van der Waals surface area contributed by atoms with Crippen LogP contribution in [0.5, 0.6) is 0 Å². The highest BCUT2D eigenvalue weighted by Gasteiger charge is 2.23. The molecule has 2 heterocycles. The predicted octanol–water partition coefficient (Wildman–Crippen LogP) is -0.0153. The first-order valence-electron chi connectivity index (χ1n) is 5.89. The van der Waals surface area contributed by atoms with E-state index >= 15 is 0 Å². The third kappa shape index (κ3) is 3.12. The van der Waals surface area contributed by atoms with Crippen LogP contribution in [-0.4, -0.2) is 46.0 Å². The zero-order valence-electron chi connectivity index (χ0n) is 10.7. The highest BCUT2D eigenvalue weighted by atomic mass is 16.4. The molecule has 2 aromatic rings. The third-order valence-electron chi connectivity index (χ3n) is 2.80. The average Bonchev–Trinajstić information content (AvgIpc) is 2.97. The van der Waals surface area contributed by atoms with Gasteiger partial charge in [0.15, 0.2) is 5.82 Å². The van der Waals surface area contributed by atoms with E-state index in [0.29, 0.717) is 12.4 Å². The number of aliphatic carboxylic acids is 1. The highest BCUT2D eigenvalue weighted by Crippen LogP contribution is 2.21.